The summed E-state index contributed by atoms with van der Waals surface area (Å²) in [4.78, 5) is 11.1. The molecule has 0 aromatic heterocycles. The zero-order chi connectivity index (χ0) is 17.9. The molecular weight excluding hydrogens is 304 g/mol. The molecule has 0 saturated heterocycles. The number of unbranched alkanes of at least 4 members (excludes halogenated alkanes) is 9. The van der Waals surface area contributed by atoms with E-state index in [-0.39, 0.29) is 12.6 Å². The third kappa shape index (κ3) is 17.5. The Hall–Kier alpha value is -0.870. The fraction of sp³-hybridized carbons (Fsp3) is 0.850. The first-order valence-corrected chi connectivity index (χ1v) is 9.66. The van der Waals surface area contributed by atoms with Crippen molar-refractivity contribution in [1.82, 2.24) is 0 Å². The van der Waals surface area contributed by atoms with Crippen LogP contribution in [0.25, 0.3) is 0 Å². The highest BCUT2D eigenvalue weighted by molar-refractivity contribution is 5.86. The molecule has 0 aliphatic carbocycles. The lowest BCUT2D eigenvalue weighted by molar-refractivity contribution is -0.140. The lowest BCUT2D eigenvalue weighted by Gasteiger charge is -2.07. The van der Waals surface area contributed by atoms with Gasteiger partial charge in [0.15, 0.2) is 0 Å². The third-order valence-electron chi connectivity index (χ3n) is 3.82. The molecule has 0 heterocycles. The van der Waals surface area contributed by atoms with Gasteiger partial charge in [0.1, 0.15) is 6.61 Å². The molecule has 0 fully saturated rings. The lowest BCUT2D eigenvalue weighted by atomic mass is 10.1. The van der Waals surface area contributed by atoms with Crippen molar-refractivity contribution >= 4 is 5.97 Å². The van der Waals surface area contributed by atoms with Crippen molar-refractivity contribution in [2.75, 3.05) is 33.0 Å². The van der Waals surface area contributed by atoms with E-state index in [1.807, 2.05) is 0 Å². The van der Waals surface area contributed by atoms with Crippen LogP contribution < -0.4 is 0 Å². The highest BCUT2D eigenvalue weighted by Crippen LogP contribution is 2.10. The van der Waals surface area contributed by atoms with Gasteiger partial charge in [0, 0.05) is 12.2 Å². The van der Waals surface area contributed by atoms with Crippen molar-refractivity contribution in [2.45, 2.75) is 78.1 Å². The Kier molecular flexibility index (Phi) is 17.8. The van der Waals surface area contributed by atoms with E-state index >= 15 is 0 Å². The van der Waals surface area contributed by atoms with Crippen LogP contribution in [0.3, 0.4) is 0 Å². The molecule has 0 atom stereocenters. The molecule has 0 N–H and O–H groups in total. The minimum Gasteiger partial charge on any atom is -0.460 e. The normalized spacial score (nSPS) is 10.8. The monoisotopic (exact) mass is 342 g/mol. The maximum absolute atomic E-state index is 11.1. The fourth-order valence-electron chi connectivity index (χ4n) is 2.33. The molecule has 0 spiro atoms. The van der Waals surface area contributed by atoms with Crippen molar-refractivity contribution in [1.29, 1.82) is 0 Å². The summed E-state index contributed by atoms with van der Waals surface area (Å²) >= 11 is 0. The van der Waals surface area contributed by atoms with Crippen LogP contribution in [0.5, 0.6) is 0 Å². The van der Waals surface area contributed by atoms with Gasteiger partial charge in [0.05, 0.1) is 19.8 Å². The highest BCUT2D eigenvalue weighted by atomic mass is 16.6. The Morgan fingerprint density at radius 3 is 1.71 bits per heavy atom. The van der Waals surface area contributed by atoms with Gasteiger partial charge in [0.25, 0.3) is 0 Å². The first-order valence-electron chi connectivity index (χ1n) is 9.66. The first-order chi connectivity index (χ1) is 11.7. The van der Waals surface area contributed by atoms with E-state index in [9.17, 15) is 4.79 Å². The number of hydrogen-bond donors (Lipinski definition) is 0. The summed E-state index contributed by atoms with van der Waals surface area (Å²) in [5, 5.41) is 0. The average Bonchev–Trinajstić information content (AvgIpc) is 2.57. The Bertz CT molecular complexity index is 302. The van der Waals surface area contributed by atoms with Gasteiger partial charge in [-0.3, -0.25) is 0 Å². The number of rotatable bonds is 18. The van der Waals surface area contributed by atoms with Crippen molar-refractivity contribution in [2.24, 2.45) is 0 Å². The van der Waals surface area contributed by atoms with E-state index < -0.39 is 0 Å². The van der Waals surface area contributed by atoms with Crippen LogP contribution in [0.4, 0.5) is 0 Å². The number of carbonyl (C=O) groups excluding carboxylic acids is 1. The molecular formula is C20H38O4. The molecule has 0 amide bonds. The van der Waals surface area contributed by atoms with Crippen LogP contribution in [0.2, 0.25) is 0 Å². The molecule has 0 aliphatic heterocycles. The second-order valence-corrected chi connectivity index (χ2v) is 6.32. The molecule has 0 aromatic carbocycles. The predicted octanol–water partition coefficient (Wildman–Crippen LogP) is 5.06. The molecule has 0 aromatic rings. The van der Waals surface area contributed by atoms with Crippen LogP contribution in [-0.2, 0) is 19.0 Å². The number of esters is 1. The Labute approximate surface area is 148 Å². The summed E-state index contributed by atoms with van der Waals surface area (Å²) in [6, 6.07) is 0. The molecule has 0 rings (SSSR count). The SMILES string of the molecule is C=C(C)C(=O)OCCOCCOCCCCCCCCCCCC. The van der Waals surface area contributed by atoms with E-state index in [0.717, 1.165) is 13.0 Å². The standard InChI is InChI=1S/C20H38O4/c1-4-5-6-7-8-9-10-11-12-13-14-22-15-16-23-17-18-24-20(21)19(2)3/h2,4-18H2,1,3H3. The van der Waals surface area contributed by atoms with Gasteiger partial charge in [0.2, 0.25) is 0 Å². The molecule has 142 valence electrons. The Morgan fingerprint density at radius 1 is 0.708 bits per heavy atom. The summed E-state index contributed by atoms with van der Waals surface area (Å²) in [6.45, 7) is 10.0. The maximum Gasteiger partial charge on any atom is 0.333 e. The Balaban J connectivity index is 3.05. The fourth-order valence-corrected chi connectivity index (χ4v) is 2.33. The second kappa shape index (κ2) is 18.5. The van der Waals surface area contributed by atoms with Crippen LogP contribution in [-0.4, -0.2) is 39.0 Å². The van der Waals surface area contributed by atoms with Gasteiger partial charge in [-0.25, -0.2) is 4.79 Å². The zero-order valence-electron chi connectivity index (χ0n) is 15.9. The van der Waals surface area contributed by atoms with Crippen molar-refractivity contribution in [3.8, 4) is 0 Å². The quantitative estimate of drug-likeness (QED) is 0.198. The van der Waals surface area contributed by atoms with E-state index in [1.165, 1.54) is 57.8 Å². The van der Waals surface area contributed by atoms with Crippen molar-refractivity contribution in [3.05, 3.63) is 12.2 Å². The van der Waals surface area contributed by atoms with Gasteiger partial charge in [-0.2, -0.15) is 0 Å². The van der Waals surface area contributed by atoms with E-state index in [1.54, 1.807) is 6.92 Å². The lowest BCUT2D eigenvalue weighted by Crippen LogP contribution is -2.13. The van der Waals surface area contributed by atoms with Crippen LogP contribution in [0.15, 0.2) is 12.2 Å². The zero-order valence-corrected chi connectivity index (χ0v) is 15.9. The Morgan fingerprint density at radius 2 is 1.17 bits per heavy atom. The topological polar surface area (TPSA) is 44.8 Å². The van der Waals surface area contributed by atoms with Crippen LogP contribution >= 0.6 is 0 Å². The van der Waals surface area contributed by atoms with Crippen molar-refractivity contribution in [3.63, 3.8) is 0 Å². The number of hydrogen-bond acceptors (Lipinski definition) is 4. The second-order valence-electron chi connectivity index (χ2n) is 6.32. The van der Waals surface area contributed by atoms with Crippen LogP contribution in [0, 0.1) is 0 Å². The number of carbonyl (C=O) groups is 1. The molecule has 0 bridgehead atoms. The molecule has 0 aliphatic rings. The van der Waals surface area contributed by atoms with E-state index in [2.05, 4.69) is 13.5 Å². The molecule has 24 heavy (non-hydrogen) atoms. The maximum atomic E-state index is 11.1. The largest absolute Gasteiger partial charge is 0.460 e. The first kappa shape index (κ1) is 23.1. The predicted molar refractivity (Wildman–Crippen MR) is 99.3 cm³/mol. The average molecular weight is 343 g/mol. The molecule has 0 unspecified atom stereocenters. The van der Waals surface area contributed by atoms with E-state index in [0.29, 0.717) is 25.4 Å². The minimum atomic E-state index is -0.365. The van der Waals surface area contributed by atoms with Gasteiger partial charge < -0.3 is 14.2 Å². The van der Waals surface area contributed by atoms with Gasteiger partial charge in [-0.05, 0) is 13.3 Å². The molecule has 4 heteroatoms. The van der Waals surface area contributed by atoms with Crippen molar-refractivity contribution < 1.29 is 19.0 Å². The summed E-state index contributed by atoms with van der Waals surface area (Å²) in [6.07, 6.45) is 13.4. The smallest absolute Gasteiger partial charge is 0.333 e. The molecule has 0 radical (unpaired) electrons. The highest BCUT2D eigenvalue weighted by Gasteiger charge is 2.01. The van der Waals surface area contributed by atoms with E-state index in [4.69, 9.17) is 14.2 Å². The summed E-state index contributed by atoms with van der Waals surface area (Å²) in [5.74, 6) is -0.365. The van der Waals surface area contributed by atoms with Gasteiger partial charge in [-0.1, -0.05) is 71.3 Å². The summed E-state index contributed by atoms with van der Waals surface area (Å²) in [7, 11) is 0. The molecule has 0 saturated carbocycles. The third-order valence-corrected chi connectivity index (χ3v) is 3.82. The summed E-state index contributed by atoms with van der Waals surface area (Å²) in [5.41, 5.74) is 0.412. The minimum absolute atomic E-state index is 0.268. The van der Waals surface area contributed by atoms with Crippen LogP contribution in [0.1, 0.15) is 78.1 Å². The van der Waals surface area contributed by atoms with Gasteiger partial charge >= 0.3 is 5.97 Å². The molecule has 4 nitrogen and oxygen atoms in total. The number of ether oxygens (including phenoxy) is 3. The summed E-state index contributed by atoms with van der Waals surface area (Å²) < 4.78 is 15.8. The van der Waals surface area contributed by atoms with Gasteiger partial charge in [-0.15, -0.1) is 0 Å².